The van der Waals surface area contributed by atoms with E-state index in [9.17, 15) is 9.59 Å². The molecule has 1 rings (SSSR count). The Labute approximate surface area is 132 Å². The predicted octanol–water partition coefficient (Wildman–Crippen LogP) is 1.36. The molecule has 0 aromatic carbocycles. The molecule has 128 valence electrons. The van der Waals surface area contributed by atoms with Gasteiger partial charge in [-0.05, 0) is 27.2 Å². The number of carbonyl (C=O) groups is 2. The van der Waals surface area contributed by atoms with E-state index in [-0.39, 0.29) is 12.3 Å². The molecule has 1 unspecified atom stereocenters. The number of aliphatic carboxylic acids is 1. The molecule has 8 heteroatoms. The fourth-order valence-corrected chi connectivity index (χ4v) is 5.23. The second-order valence-electron chi connectivity index (χ2n) is 5.16. The van der Waals surface area contributed by atoms with E-state index in [0.717, 1.165) is 0 Å². The predicted molar refractivity (Wildman–Crippen MR) is 82.4 cm³/mol. The van der Waals surface area contributed by atoms with Crippen molar-refractivity contribution in [2.45, 2.75) is 39.7 Å². The first-order valence-corrected chi connectivity index (χ1v) is 9.83. The summed E-state index contributed by atoms with van der Waals surface area (Å²) in [5.41, 5.74) is 0. The highest BCUT2D eigenvalue weighted by Crippen LogP contribution is 2.22. The van der Waals surface area contributed by atoms with Crippen molar-refractivity contribution < 1.29 is 28.0 Å². The highest BCUT2D eigenvalue weighted by atomic mass is 28.4. The zero-order chi connectivity index (χ0) is 16.6. The standard InChI is InChI=1S/C14H27NO6Si/c1-4-19-22(20-5-2,21-6-3)9-7-8-15-11-12(14(17)18)10-13(15)16/h12H,4-11H2,1-3H3,(H,17,18). The van der Waals surface area contributed by atoms with Crippen LogP contribution in [0.15, 0.2) is 0 Å². The van der Waals surface area contributed by atoms with Gasteiger partial charge < -0.3 is 23.3 Å². The van der Waals surface area contributed by atoms with E-state index in [2.05, 4.69) is 0 Å². The Morgan fingerprint density at radius 1 is 1.23 bits per heavy atom. The lowest BCUT2D eigenvalue weighted by atomic mass is 10.1. The molecule has 1 aliphatic rings. The van der Waals surface area contributed by atoms with Gasteiger partial charge in [0.15, 0.2) is 0 Å². The molecule has 0 aliphatic carbocycles. The molecule has 1 atom stereocenters. The molecule has 1 amide bonds. The minimum Gasteiger partial charge on any atom is -0.481 e. The second-order valence-corrected chi connectivity index (χ2v) is 7.90. The average molecular weight is 333 g/mol. The van der Waals surface area contributed by atoms with Crippen LogP contribution in [-0.4, -0.2) is 63.6 Å². The van der Waals surface area contributed by atoms with E-state index >= 15 is 0 Å². The first-order chi connectivity index (χ1) is 10.5. The van der Waals surface area contributed by atoms with E-state index in [1.54, 1.807) is 4.90 Å². The molecule has 0 radical (unpaired) electrons. The van der Waals surface area contributed by atoms with Crippen LogP contribution < -0.4 is 0 Å². The van der Waals surface area contributed by atoms with E-state index in [4.69, 9.17) is 18.4 Å². The summed E-state index contributed by atoms with van der Waals surface area (Å²) in [7, 11) is -2.68. The first kappa shape index (κ1) is 19.1. The average Bonchev–Trinajstić information content (AvgIpc) is 2.81. The Kier molecular flexibility index (Phi) is 8.01. The normalized spacial score (nSPS) is 19.0. The Morgan fingerprint density at radius 3 is 2.18 bits per heavy atom. The van der Waals surface area contributed by atoms with Gasteiger partial charge in [0.1, 0.15) is 0 Å². The maximum absolute atomic E-state index is 11.8. The summed E-state index contributed by atoms with van der Waals surface area (Å²) in [5.74, 6) is -1.58. The summed E-state index contributed by atoms with van der Waals surface area (Å²) in [4.78, 5) is 24.4. The number of carboxylic acid groups (broad SMARTS) is 1. The zero-order valence-electron chi connectivity index (χ0n) is 13.7. The summed E-state index contributed by atoms with van der Waals surface area (Å²) in [6, 6.07) is 0.629. The number of hydrogen-bond acceptors (Lipinski definition) is 5. The smallest absolute Gasteiger partial charge is 0.481 e. The van der Waals surface area contributed by atoms with E-state index in [0.29, 0.717) is 45.4 Å². The highest BCUT2D eigenvalue weighted by Gasteiger charge is 2.40. The van der Waals surface area contributed by atoms with Crippen molar-refractivity contribution in [3.63, 3.8) is 0 Å². The molecule has 1 fully saturated rings. The van der Waals surface area contributed by atoms with Gasteiger partial charge in [0.05, 0.1) is 5.92 Å². The fraction of sp³-hybridized carbons (Fsp3) is 0.857. The van der Waals surface area contributed by atoms with Gasteiger partial charge in [-0.3, -0.25) is 9.59 Å². The van der Waals surface area contributed by atoms with Gasteiger partial charge in [0, 0.05) is 45.4 Å². The minimum absolute atomic E-state index is 0.0936. The van der Waals surface area contributed by atoms with Crippen LogP contribution in [-0.2, 0) is 22.9 Å². The molecule has 22 heavy (non-hydrogen) atoms. The van der Waals surface area contributed by atoms with Crippen LogP contribution in [0.2, 0.25) is 6.04 Å². The number of carbonyl (C=O) groups excluding carboxylic acids is 1. The monoisotopic (exact) mass is 333 g/mol. The van der Waals surface area contributed by atoms with Gasteiger partial charge in [-0.2, -0.15) is 0 Å². The largest absolute Gasteiger partial charge is 0.500 e. The van der Waals surface area contributed by atoms with E-state index in [1.807, 2.05) is 20.8 Å². The minimum atomic E-state index is -2.68. The van der Waals surface area contributed by atoms with Crippen molar-refractivity contribution in [1.29, 1.82) is 0 Å². The highest BCUT2D eigenvalue weighted by molar-refractivity contribution is 6.60. The molecule has 0 bridgehead atoms. The molecule has 0 aromatic rings. The van der Waals surface area contributed by atoms with Gasteiger partial charge in [-0.1, -0.05) is 0 Å². The van der Waals surface area contributed by atoms with Crippen molar-refractivity contribution >= 4 is 20.7 Å². The summed E-state index contributed by atoms with van der Waals surface area (Å²) in [6.07, 6.45) is 0.782. The Balaban J connectivity index is 2.51. The van der Waals surface area contributed by atoms with Crippen LogP contribution in [0.1, 0.15) is 33.6 Å². The third kappa shape index (κ3) is 5.35. The quantitative estimate of drug-likeness (QED) is 0.575. The molecule has 1 N–H and O–H groups in total. The van der Waals surface area contributed by atoms with Gasteiger partial charge in [-0.15, -0.1) is 0 Å². The third-order valence-electron chi connectivity index (χ3n) is 3.57. The van der Waals surface area contributed by atoms with Crippen molar-refractivity contribution in [3.05, 3.63) is 0 Å². The third-order valence-corrected chi connectivity index (χ3v) is 6.72. The van der Waals surface area contributed by atoms with Crippen LogP contribution in [0.4, 0.5) is 0 Å². The zero-order valence-corrected chi connectivity index (χ0v) is 14.7. The SMILES string of the molecule is CCO[Si](CCCN1CC(C(=O)O)CC1=O)(OCC)OCC. The molecular formula is C14H27NO6Si. The second kappa shape index (κ2) is 9.24. The maximum Gasteiger partial charge on any atom is 0.500 e. The number of amides is 1. The van der Waals surface area contributed by atoms with Crippen LogP contribution in [0.25, 0.3) is 0 Å². The molecule has 0 aromatic heterocycles. The number of rotatable bonds is 11. The summed E-state index contributed by atoms with van der Waals surface area (Å²) >= 11 is 0. The van der Waals surface area contributed by atoms with Crippen LogP contribution in [0.5, 0.6) is 0 Å². The topological polar surface area (TPSA) is 85.3 Å². The van der Waals surface area contributed by atoms with Crippen molar-refractivity contribution in [1.82, 2.24) is 4.90 Å². The van der Waals surface area contributed by atoms with Crippen molar-refractivity contribution in [2.24, 2.45) is 5.92 Å². The van der Waals surface area contributed by atoms with Crippen LogP contribution in [0.3, 0.4) is 0 Å². The lowest BCUT2D eigenvalue weighted by Gasteiger charge is -2.29. The molecule has 1 heterocycles. The summed E-state index contributed by atoms with van der Waals surface area (Å²) < 4.78 is 17.3. The van der Waals surface area contributed by atoms with Gasteiger partial charge in [0.25, 0.3) is 0 Å². The maximum atomic E-state index is 11.8. The number of carboxylic acids is 1. The molecule has 1 saturated heterocycles. The lowest BCUT2D eigenvalue weighted by Crippen LogP contribution is -2.46. The number of hydrogen-bond donors (Lipinski definition) is 1. The summed E-state index contributed by atoms with van der Waals surface area (Å²) in [6.45, 7) is 8.09. The summed E-state index contributed by atoms with van der Waals surface area (Å²) in [5, 5.41) is 8.98. The van der Waals surface area contributed by atoms with E-state index in [1.165, 1.54) is 0 Å². The fourth-order valence-electron chi connectivity index (χ4n) is 2.64. The van der Waals surface area contributed by atoms with Gasteiger partial charge in [0.2, 0.25) is 5.91 Å². The van der Waals surface area contributed by atoms with Crippen LogP contribution >= 0.6 is 0 Å². The molecule has 7 nitrogen and oxygen atoms in total. The van der Waals surface area contributed by atoms with E-state index < -0.39 is 20.7 Å². The first-order valence-electron chi connectivity index (χ1n) is 7.90. The number of nitrogens with zero attached hydrogens (tertiary/aromatic N) is 1. The van der Waals surface area contributed by atoms with Gasteiger partial charge in [-0.25, -0.2) is 0 Å². The number of likely N-dealkylation sites (tertiary alicyclic amines) is 1. The molecule has 0 saturated carbocycles. The molecule has 1 aliphatic heterocycles. The Hall–Kier alpha value is -0.963. The van der Waals surface area contributed by atoms with Crippen LogP contribution in [0, 0.1) is 5.92 Å². The Bertz CT molecular complexity index is 361. The van der Waals surface area contributed by atoms with Crippen molar-refractivity contribution in [2.75, 3.05) is 32.9 Å². The molecule has 0 spiro atoms. The van der Waals surface area contributed by atoms with Crippen molar-refractivity contribution in [3.8, 4) is 0 Å². The molecular weight excluding hydrogens is 306 g/mol. The Morgan fingerprint density at radius 2 is 1.77 bits per heavy atom. The lowest BCUT2D eigenvalue weighted by molar-refractivity contribution is -0.141. The van der Waals surface area contributed by atoms with Gasteiger partial charge >= 0.3 is 14.8 Å².